The Labute approximate surface area is 329 Å². The molecule has 1 aliphatic carbocycles. The average Bonchev–Trinajstić information content (AvgIpc) is 3.73. The van der Waals surface area contributed by atoms with Gasteiger partial charge in [-0.15, -0.1) is 11.3 Å². The molecule has 10 aromatic carbocycles. The van der Waals surface area contributed by atoms with Crippen LogP contribution in [0.25, 0.3) is 108 Å². The first-order valence-corrected chi connectivity index (χ1v) is 20.4. The van der Waals surface area contributed by atoms with Crippen LogP contribution in [0.3, 0.4) is 0 Å². The summed E-state index contributed by atoms with van der Waals surface area (Å²) < 4.78 is 2.69. The van der Waals surface area contributed by atoms with Crippen molar-refractivity contribution < 1.29 is 0 Å². The zero-order chi connectivity index (χ0) is 37.1. The van der Waals surface area contributed by atoms with Gasteiger partial charge in [0.2, 0.25) is 0 Å². The summed E-state index contributed by atoms with van der Waals surface area (Å²) in [5.41, 5.74) is 13.2. The van der Waals surface area contributed by atoms with Gasteiger partial charge < -0.3 is 0 Å². The third kappa shape index (κ3) is 4.35. The van der Waals surface area contributed by atoms with Gasteiger partial charge in [-0.2, -0.15) is 0 Å². The van der Waals surface area contributed by atoms with Crippen molar-refractivity contribution in [2.24, 2.45) is 0 Å². The molecule has 0 radical (unpaired) electrons. The molecule has 1 aliphatic rings. The number of rotatable bonds is 3. The Kier molecular flexibility index (Phi) is 6.66. The van der Waals surface area contributed by atoms with E-state index in [1.54, 1.807) is 0 Å². The maximum absolute atomic E-state index is 2.50. The normalized spacial score (nSPS) is 13.3. The Bertz CT molecular complexity index is 3370. The molecule has 1 heterocycles. The van der Waals surface area contributed by atoms with Crippen molar-refractivity contribution in [3.8, 4) is 44.5 Å². The van der Waals surface area contributed by atoms with Gasteiger partial charge in [0, 0.05) is 25.6 Å². The largest absolute Gasteiger partial charge is 0.135 e. The highest BCUT2D eigenvalue weighted by Gasteiger charge is 2.40. The summed E-state index contributed by atoms with van der Waals surface area (Å²) in [6.07, 6.45) is 0. The van der Waals surface area contributed by atoms with Crippen LogP contribution in [0.4, 0.5) is 0 Å². The summed E-state index contributed by atoms with van der Waals surface area (Å²) in [7, 11) is 0. The van der Waals surface area contributed by atoms with Crippen molar-refractivity contribution in [3.05, 3.63) is 193 Å². The summed E-state index contributed by atoms with van der Waals surface area (Å²) in [6, 6.07) is 68.1. The van der Waals surface area contributed by atoms with Crippen molar-refractivity contribution >= 4 is 74.6 Å². The highest BCUT2D eigenvalue weighted by molar-refractivity contribution is 7.26. The van der Waals surface area contributed by atoms with Crippen molar-refractivity contribution in [2.75, 3.05) is 0 Å². The Hall–Kier alpha value is -6.54. The van der Waals surface area contributed by atoms with E-state index in [-0.39, 0.29) is 5.41 Å². The van der Waals surface area contributed by atoms with Gasteiger partial charge >= 0.3 is 0 Å². The molecule has 1 aromatic heterocycles. The molecule has 0 fully saturated rings. The van der Waals surface area contributed by atoms with Gasteiger partial charge in [0.05, 0.1) is 0 Å². The molecule has 11 aromatic rings. The van der Waals surface area contributed by atoms with Crippen molar-refractivity contribution in [3.63, 3.8) is 0 Å². The molecule has 0 nitrogen and oxygen atoms in total. The molecule has 0 N–H and O–H groups in total. The second-order valence-corrected chi connectivity index (χ2v) is 17.0. The maximum Gasteiger partial charge on any atom is 0.0368 e. The lowest BCUT2D eigenvalue weighted by Gasteiger charge is -2.25. The molecular formula is C55H36S. The first-order chi connectivity index (χ1) is 27.6. The van der Waals surface area contributed by atoms with Crippen LogP contribution in [0.5, 0.6) is 0 Å². The van der Waals surface area contributed by atoms with Crippen molar-refractivity contribution in [1.82, 2.24) is 0 Å². The van der Waals surface area contributed by atoms with Crippen LogP contribution in [0.15, 0.2) is 182 Å². The molecule has 0 saturated carbocycles. The molecule has 0 spiro atoms. The molecule has 12 rings (SSSR count). The fourth-order valence-electron chi connectivity index (χ4n) is 10.2. The zero-order valence-corrected chi connectivity index (χ0v) is 32.0. The van der Waals surface area contributed by atoms with E-state index in [0.717, 1.165) is 0 Å². The van der Waals surface area contributed by atoms with E-state index >= 15 is 0 Å². The predicted octanol–water partition coefficient (Wildman–Crippen LogP) is 16.0. The van der Waals surface area contributed by atoms with Gasteiger partial charge in [-0.1, -0.05) is 184 Å². The lowest BCUT2D eigenvalue weighted by Crippen LogP contribution is -2.16. The number of benzene rings is 10. The van der Waals surface area contributed by atoms with Gasteiger partial charge in [0.1, 0.15) is 0 Å². The zero-order valence-electron chi connectivity index (χ0n) is 31.2. The Morgan fingerprint density at radius 3 is 1.55 bits per heavy atom. The molecule has 0 aliphatic heterocycles. The first-order valence-electron chi connectivity index (χ1n) is 19.6. The second kappa shape index (κ2) is 11.7. The lowest BCUT2D eigenvalue weighted by molar-refractivity contribution is 0.663. The lowest BCUT2D eigenvalue weighted by atomic mass is 9.77. The van der Waals surface area contributed by atoms with Crippen LogP contribution in [0, 0.1) is 0 Å². The molecular weight excluding hydrogens is 693 g/mol. The molecule has 0 bridgehead atoms. The average molecular weight is 729 g/mol. The van der Waals surface area contributed by atoms with Gasteiger partial charge in [-0.3, -0.25) is 0 Å². The van der Waals surface area contributed by atoms with E-state index < -0.39 is 0 Å². The van der Waals surface area contributed by atoms with Crippen molar-refractivity contribution in [2.45, 2.75) is 19.3 Å². The molecule has 0 saturated heterocycles. The van der Waals surface area contributed by atoms with Crippen LogP contribution in [-0.2, 0) is 5.41 Å². The summed E-state index contributed by atoms with van der Waals surface area (Å²) in [5, 5.41) is 13.0. The smallest absolute Gasteiger partial charge is 0.0368 e. The standard InChI is InChI=1S/C55H36S/c1-55(2)46-31-30-34-15-4-6-18-38(34)52(46)45-32-48-53(44-23-11-12-25-47(44)56-48)50(54(45)55)36-28-26-35(27-29-36)49-40-19-7-9-21-42(40)51(43-22-10-8-20-41(43)49)39-24-13-16-33-14-3-5-17-37(33)39/h3-32H,1-2H3. The summed E-state index contributed by atoms with van der Waals surface area (Å²) in [6.45, 7) is 4.86. The Balaban J connectivity index is 1.12. The highest BCUT2D eigenvalue weighted by Crippen LogP contribution is 2.58. The van der Waals surface area contributed by atoms with E-state index in [1.165, 1.54) is 119 Å². The predicted molar refractivity (Wildman–Crippen MR) is 243 cm³/mol. The van der Waals surface area contributed by atoms with Gasteiger partial charge in [-0.25, -0.2) is 0 Å². The van der Waals surface area contributed by atoms with E-state index in [2.05, 4.69) is 196 Å². The first kappa shape index (κ1) is 31.8. The molecule has 0 atom stereocenters. The number of hydrogen-bond donors (Lipinski definition) is 0. The highest BCUT2D eigenvalue weighted by atomic mass is 32.1. The van der Waals surface area contributed by atoms with Crippen LogP contribution >= 0.6 is 11.3 Å². The van der Waals surface area contributed by atoms with Crippen LogP contribution in [0.2, 0.25) is 0 Å². The quantitative estimate of drug-likeness (QED) is 0.159. The SMILES string of the molecule is CC1(C)c2ccc3ccccc3c2-c2cc3sc4ccccc4c3c(-c3ccc(-c4c5ccccc5c(-c5cccc6ccccc56)c5ccccc45)cc3)c21. The maximum atomic E-state index is 2.50. The van der Waals surface area contributed by atoms with E-state index in [0.29, 0.717) is 0 Å². The summed E-state index contributed by atoms with van der Waals surface area (Å²) >= 11 is 1.92. The fourth-order valence-corrected chi connectivity index (χ4v) is 11.4. The number of thiophene rings is 1. The number of fused-ring (bicyclic) bond motifs is 11. The monoisotopic (exact) mass is 728 g/mol. The van der Waals surface area contributed by atoms with E-state index in [9.17, 15) is 0 Å². The number of hydrogen-bond acceptors (Lipinski definition) is 1. The fraction of sp³-hybridized carbons (Fsp3) is 0.0545. The molecule has 56 heavy (non-hydrogen) atoms. The molecule has 0 unspecified atom stereocenters. The topological polar surface area (TPSA) is 0 Å². The minimum Gasteiger partial charge on any atom is -0.135 e. The minimum atomic E-state index is -0.177. The Morgan fingerprint density at radius 1 is 0.357 bits per heavy atom. The minimum absolute atomic E-state index is 0.177. The third-order valence-electron chi connectivity index (χ3n) is 12.6. The Morgan fingerprint density at radius 2 is 0.875 bits per heavy atom. The van der Waals surface area contributed by atoms with Gasteiger partial charge in [0.15, 0.2) is 0 Å². The molecule has 0 amide bonds. The van der Waals surface area contributed by atoms with Gasteiger partial charge in [0.25, 0.3) is 0 Å². The third-order valence-corrected chi connectivity index (χ3v) is 13.7. The van der Waals surface area contributed by atoms with Crippen LogP contribution in [-0.4, -0.2) is 0 Å². The summed E-state index contributed by atoms with van der Waals surface area (Å²) in [5.74, 6) is 0. The second-order valence-electron chi connectivity index (χ2n) is 15.9. The van der Waals surface area contributed by atoms with Crippen LogP contribution < -0.4 is 0 Å². The molecule has 262 valence electrons. The van der Waals surface area contributed by atoms with E-state index in [1.807, 2.05) is 11.3 Å². The van der Waals surface area contributed by atoms with Gasteiger partial charge in [-0.05, 0) is 111 Å². The summed E-state index contributed by atoms with van der Waals surface area (Å²) in [4.78, 5) is 0. The van der Waals surface area contributed by atoms with Crippen molar-refractivity contribution in [1.29, 1.82) is 0 Å². The van der Waals surface area contributed by atoms with E-state index in [4.69, 9.17) is 0 Å². The molecule has 1 heteroatoms. The van der Waals surface area contributed by atoms with Crippen LogP contribution in [0.1, 0.15) is 25.0 Å².